The molecule has 1 aromatic carbocycles. The highest BCUT2D eigenvalue weighted by Gasteiger charge is 2.22. The molecule has 1 saturated heterocycles. The summed E-state index contributed by atoms with van der Waals surface area (Å²) in [6.45, 7) is 3.54. The van der Waals surface area contributed by atoms with Crippen LogP contribution in [0.15, 0.2) is 18.2 Å². The smallest absolute Gasteiger partial charge is 0.256 e. The summed E-state index contributed by atoms with van der Waals surface area (Å²) >= 11 is 0. The van der Waals surface area contributed by atoms with Crippen molar-refractivity contribution in [2.24, 2.45) is 5.92 Å². The van der Waals surface area contributed by atoms with Gasteiger partial charge in [0.2, 0.25) is 0 Å². The molecule has 0 spiro atoms. The number of rotatable bonds is 1. The Bertz CT molecular complexity index is 447. The Balaban J connectivity index is 2.15. The Labute approximate surface area is 106 Å². The standard InChI is InChI=1S/C14H18FNO2/c1-10-3-2-7-16(8-6-10)14(18)12-5-4-11(17)9-13(12)15/h4-5,9-10,17H,2-3,6-8H2,1H3. The summed E-state index contributed by atoms with van der Waals surface area (Å²) in [5, 5.41) is 9.14. The van der Waals surface area contributed by atoms with Gasteiger partial charge in [-0.05, 0) is 37.3 Å². The zero-order valence-corrected chi connectivity index (χ0v) is 10.5. The minimum absolute atomic E-state index is 0.0438. The molecule has 0 aromatic heterocycles. The Hall–Kier alpha value is -1.58. The average molecular weight is 251 g/mol. The van der Waals surface area contributed by atoms with Crippen molar-refractivity contribution in [3.8, 4) is 5.75 Å². The van der Waals surface area contributed by atoms with Crippen molar-refractivity contribution in [2.75, 3.05) is 13.1 Å². The van der Waals surface area contributed by atoms with Gasteiger partial charge in [0.05, 0.1) is 5.56 Å². The lowest BCUT2D eigenvalue weighted by Gasteiger charge is -2.20. The Morgan fingerprint density at radius 1 is 1.39 bits per heavy atom. The molecule has 1 heterocycles. The highest BCUT2D eigenvalue weighted by atomic mass is 19.1. The molecule has 0 radical (unpaired) electrons. The van der Waals surface area contributed by atoms with Gasteiger partial charge in [-0.2, -0.15) is 0 Å². The first-order chi connectivity index (χ1) is 8.58. The fraction of sp³-hybridized carbons (Fsp3) is 0.500. The molecule has 18 heavy (non-hydrogen) atoms. The Morgan fingerprint density at radius 3 is 2.89 bits per heavy atom. The van der Waals surface area contributed by atoms with Crippen LogP contribution in [0.3, 0.4) is 0 Å². The van der Waals surface area contributed by atoms with E-state index in [2.05, 4.69) is 6.92 Å². The lowest BCUT2D eigenvalue weighted by atomic mass is 10.0. The highest BCUT2D eigenvalue weighted by molar-refractivity contribution is 5.94. The van der Waals surface area contributed by atoms with E-state index >= 15 is 0 Å². The van der Waals surface area contributed by atoms with Crippen LogP contribution in [0.4, 0.5) is 4.39 Å². The van der Waals surface area contributed by atoms with E-state index in [1.165, 1.54) is 12.1 Å². The first-order valence-corrected chi connectivity index (χ1v) is 6.35. The minimum Gasteiger partial charge on any atom is -0.508 e. The number of amides is 1. The molecule has 1 aliphatic heterocycles. The molecular weight excluding hydrogens is 233 g/mol. The molecule has 1 atom stereocenters. The lowest BCUT2D eigenvalue weighted by Crippen LogP contribution is -2.32. The summed E-state index contributed by atoms with van der Waals surface area (Å²) in [6.07, 6.45) is 3.04. The van der Waals surface area contributed by atoms with Gasteiger partial charge in [-0.15, -0.1) is 0 Å². The number of hydrogen-bond donors (Lipinski definition) is 1. The molecule has 1 unspecified atom stereocenters. The molecule has 0 bridgehead atoms. The van der Waals surface area contributed by atoms with E-state index in [0.29, 0.717) is 19.0 Å². The quantitative estimate of drug-likeness (QED) is 0.833. The Morgan fingerprint density at radius 2 is 2.17 bits per heavy atom. The molecule has 1 fully saturated rings. The monoisotopic (exact) mass is 251 g/mol. The minimum atomic E-state index is -0.655. The molecule has 4 heteroatoms. The summed E-state index contributed by atoms with van der Waals surface area (Å²) < 4.78 is 13.6. The second kappa shape index (κ2) is 5.38. The van der Waals surface area contributed by atoms with Crippen LogP contribution >= 0.6 is 0 Å². The van der Waals surface area contributed by atoms with Crippen molar-refractivity contribution in [2.45, 2.75) is 26.2 Å². The summed E-state index contributed by atoms with van der Waals surface area (Å²) in [4.78, 5) is 13.9. The summed E-state index contributed by atoms with van der Waals surface area (Å²) in [5.74, 6) is -0.472. The van der Waals surface area contributed by atoms with Crippen LogP contribution in [0.25, 0.3) is 0 Å². The maximum atomic E-state index is 13.6. The highest BCUT2D eigenvalue weighted by Crippen LogP contribution is 2.21. The third kappa shape index (κ3) is 2.81. The first-order valence-electron chi connectivity index (χ1n) is 6.35. The number of hydrogen-bond acceptors (Lipinski definition) is 2. The summed E-state index contributed by atoms with van der Waals surface area (Å²) in [5.41, 5.74) is 0.0438. The molecule has 0 aliphatic carbocycles. The molecule has 1 N–H and O–H groups in total. The van der Waals surface area contributed by atoms with Crippen molar-refractivity contribution in [1.82, 2.24) is 4.90 Å². The van der Waals surface area contributed by atoms with Gasteiger partial charge in [-0.3, -0.25) is 4.79 Å². The summed E-state index contributed by atoms with van der Waals surface area (Å²) in [7, 11) is 0. The number of phenolic OH excluding ortho intramolecular Hbond substituents is 1. The van der Waals surface area contributed by atoms with Crippen LogP contribution in [0.5, 0.6) is 5.75 Å². The number of benzene rings is 1. The molecule has 0 saturated carbocycles. The van der Waals surface area contributed by atoms with Crippen molar-refractivity contribution < 1.29 is 14.3 Å². The third-order valence-electron chi connectivity index (χ3n) is 3.49. The van der Waals surface area contributed by atoms with Crippen LogP contribution in [0.1, 0.15) is 36.5 Å². The molecule has 3 nitrogen and oxygen atoms in total. The second-order valence-electron chi connectivity index (χ2n) is 4.99. The van der Waals surface area contributed by atoms with Gasteiger partial charge in [0.1, 0.15) is 11.6 Å². The van der Waals surface area contributed by atoms with Crippen LogP contribution in [-0.4, -0.2) is 29.0 Å². The van der Waals surface area contributed by atoms with Gasteiger partial charge in [0.15, 0.2) is 0 Å². The van der Waals surface area contributed by atoms with Gasteiger partial charge in [0, 0.05) is 19.2 Å². The first kappa shape index (κ1) is 12.9. The lowest BCUT2D eigenvalue weighted by molar-refractivity contribution is 0.0755. The van der Waals surface area contributed by atoms with Gasteiger partial charge >= 0.3 is 0 Å². The van der Waals surface area contributed by atoms with Gasteiger partial charge in [-0.1, -0.05) is 6.92 Å². The van der Waals surface area contributed by atoms with Gasteiger partial charge in [0.25, 0.3) is 5.91 Å². The Kier molecular flexibility index (Phi) is 3.84. The van der Waals surface area contributed by atoms with E-state index in [1.807, 2.05) is 0 Å². The maximum Gasteiger partial charge on any atom is 0.256 e. The van der Waals surface area contributed by atoms with Crippen molar-refractivity contribution in [3.05, 3.63) is 29.6 Å². The zero-order valence-electron chi connectivity index (χ0n) is 10.5. The number of likely N-dealkylation sites (tertiary alicyclic amines) is 1. The molecule has 2 rings (SSSR count). The van der Waals surface area contributed by atoms with Crippen molar-refractivity contribution in [3.63, 3.8) is 0 Å². The largest absolute Gasteiger partial charge is 0.508 e. The molecular formula is C14H18FNO2. The SMILES string of the molecule is CC1CCCN(C(=O)c2ccc(O)cc2F)CC1. The zero-order chi connectivity index (χ0) is 13.1. The number of phenols is 1. The van der Waals surface area contributed by atoms with Crippen molar-refractivity contribution in [1.29, 1.82) is 0 Å². The van der Waals surface area contributed by atoms with E-state index in [9.17, 15) is 9.18 Å². The molecule has 1 amide bonds. The number of carbonyl (C=O) groups excluding carboxylic acids is 1. The third-order valence-corrected chi connectivity index (χ3v) is 3.49. The molecule has 1 aliphatic rings. The second-order valence-corrected chi connectivity index (χ2v) is 4.99. The number of halogens is 1. The number of nitrogens with zero attached hydrogens (tertiary/aromatic N) is 1. The fourth-order valence-electron chi connectivity index (χ4n) is 2.31. The van der Waals surface area contributed by atoms with Crippen LogP contribution in [-0.2, 0) is 0 Å². The predicted molar refractivity (Wildman–Crippen MR) is 67.0 cm³/mol. The van der Waals surface area contributed by atoms with Crippen LogP contribution in [0, 0.1) is 11.7 Å². The maximum absolute atomic E-state index is 13.6. The topological polar surface area (TPSA) is 40.5 Å². The summed E-state index contributed by atoms with van der Waals surface area (Å²) in [6, 6.07) is 3.67. The van der Waals surface area contributed by atoms with E-state index < -0.39 is 5.82 Å². The van der Waals surface area contributed by atoms with Crippen LogP contribution < -0.4 is 0 Å². The van der Waals surface area contributed by atoms with Gasteiger partial charge in [-0.25, -0.2) is 4.39 Å². The van der Waals surface area contributed by atoms with E-state index in [1.54, 1.807) is 4.90 Å². The normalized spacial score (nSPS) is 20.6. The molecule has 1 aromatic rings. The van der Waals surface area contributed by atoms with Gasteiger partial charge < -0.3 is 10.0 Å². The van der Waals surface area contributed by atoms with E-state index in [4.69, 9.17) is 5.11 Å². The fourth-order valence-corrected chi connectivity index (χ4v) is 2.31. The van der Waals surface area contributed by atoms with Crippen molar-refractivity contribution >= 4 is 5.91 Å². The van der Waals surface area contributed by atoms with E-state index in [0.717, 1.165) is 25.3 Å². The molecule has 98 valence electrons. The van der Waals surface area contributed by atoms with Crippen LogP contribution in [0.2, 0.25) is 0 Å². The average Bonchev–Trinajstić information content (AvgIpc) is 2.53. The van der Waals surface area contributed by atoms with E-state index in [-0.39, 0.29) is 17.2 Å². The number of aromatic hydroxyl groups is 1. The number of carbonyl (C=O) groups is 1. The predicted octanol–water partition coefficient (Wildman–Crippen LogP) is 2.79.